The molecule has 0 aromatic heterocycles. The summed E-state index contributed by atoms with van der Waals surface area (Å²) in [6, 6.07) is 41.1. The van der Waals surface area contributed by atoms with Crippen LogP contribution in [0.3, 0.4) is 0 Å². The number of aliphatic imine (C=N–C) groups is 1. The van der Waals surface area contributed by atoms with Gasteiger partial charge in [-0.25, -0.2) is 4.99 Å². The summed E-state index contributed by atoms with van der Waals surface area (Å²) in [5.41, 5.74) is 0.900. The Balaban J connectivity index is 1.62. The molecule has 0 radical (unpaired) electrons. The predicted octanol–water partition coefficient (Wildman–Crippen LogP) is 10.0. The zero-order chi connectivity index (χ0) is 24.1. The van der Waals surface area contributed by atoms with E-state index in [2.05, 4.69) is 67.6 Å². The summed E-state index contributed by atoms with van der Waals surface area (Å²) in [7, 11) is 7.37. The Bertz CT molecular complexity index is 1110. The van der Waals surface area contributed by atoms with Crippen molar-refractivity contribution in [2.24, 2.45) is 10.9 Å². The summed E-state index contributed by atoms with van der Waals surface area (Å²) in [6.07, 6.45) is 0.911. The van der Waals surface area contributed by atoms with E-state index >= 15 is 0 Å². The number of rotatable bonds is 11. The first kappa shape index (κ1) is 25.8. The molecule has 4 aromatic rings. The number of hydrogen-bond donors (Lipinski definition) is 0. The van der Waals surface area contributed by atoms with Gasteiger partial charge in [0.15, 0.2) is 5.90 Å². The molecule has 0 aliphatic rings. The molecule has 2 nitrogen and oxygen atoms in total. The number of nitrogens with zero attached hydrogens (tertiary/aromatic N) is 1. The molecule has 0 spiro atoms. The second-order valence-corrected chi connectivity index (χ2v) is 12.7. The van der Waals surface area contributed by atoms with E-state index in [1.165, 1.54) is 9.79 Å². The lowest BCUT2D eigenvalue weighted by Crippen LogP contribution is -2.27. The van der Waals surface area contributed by atoms with Crippen molar-refractivity contribution in [3.05, 3.63) is 121 Å². The average Bonchev–Trinajstić information content (AvgIpc) is 2.92. The van der Waals surface area contributed by atoms with Gasteiger partial charge in [-0.15, -0.1) is 0 Å². The zero-order valence-electron chi connectivity index (χ0n) is 19.4. The maximum absolute atomic E-state index is 6.46. The van der Waals surface area contributed by atoms with E-state index in [9.17, 15) is 0 Å². The predicted molar refractivity (Wildman–Crippen MR) is 158 cm³/mol. The van der Waals surface area contributed by atoms with E-state index in [1.54, 1.807) is 0 Å². The highest BCUT2D eigenvalue weighted by Crippen LogP contribution is 2.49. The summed E-state index contributed by atoms with van der Waals surface area (Å²) in [5.74, 6) is 1.66. The second-order valence-electron chi connectivity index (χ2n) is 7.57. The van der Waals surface area contributed by atoms with Crippen LogP contribution in [0.4, 0.5) is 5.69 Å². The average molecular weight is 534 g/mol. The van der Waals surface area contributed by atoms with Crippen molar-refractivity contribution in [2.45, 2.75) is 27.7 Å². The van der Waals surface area contributed by atoms with Gasteiger partial charge in [0.05, 0.1) is 16.2 Å². The van der Waals surface area contributed by atoms with Crippen molar-refractivity contribution in [2.75, 3.05) is 0 Å². The quantitative estimate of drug-likeness (QED) is 0.0825. The molecule has 4 rings (SSSR count). The van der Waals surface area contributed by atoms with Gasteiger partial charge < -0.3 is 4.74 Å². The summed E-state index contributed by atoms with van der Waals surface area (Å²) < 4.78 is 6.67. The van der Waals surface area contributed by atoms with E-state index in [0.717, 1.165) is 23.8 Å². The largest absolute Gasteiger partial charge is 0.443 e. The summed E-state index contributed by atoms with van der Waals surface area (Å²) >= 11 is 0. The third-order valence-electron chi connectivity index (χ3n) is 5.01. The molecule has 178 valence electrons. The molecule has 1 unspecified atom stereocenters. The first-order valence-electron chi connectivity index (χ1n) is 11.4. The summed E-state index contributed by atoms with van der Waals surface area (Å²) in [5, 5.41) is 0. The zero-order valence-corrected chi connectivity index (χ0v) is 22.7. The van der Waals surface area contributed by atoms with Crippen LogP contribution in [0.25, 0.3) is 0 Å². The molecule has 0 fully saturated rings. The topological polar surface area (TPSA) is 21.6 Å². The molecule has 1 atom stereocenters. The van der Waals surface area contributed by atoms with E-state index in [1.807, 2.05) is 104 Å². The van der Waals surface area contributed by atoms with E-state index in [-0.39, 0.29) is 10.5 Å². The number of para-hydroxylation sites is 2. The molecular formula is C29H27NOS4. The molecule has 0 saturated heterocycles. The van der Waals surface area contributed by atoms with Crippen LogP contribution < -0.4 is 4.74 Å². The SMILES string of the molecule is CCC(C(=Nc1ccccc1)Oc1ccccc1)C(SSc1ccccc1)SSc1ccccc1. The monoisotopic (exact) mass is 533 g/mol. The highest BCUT2D eigenvalue weighted by atomic mass is 33.1. The van der Waals surface area contributed by atoms with Crippen LogP contribution in [0.1, 0.15) is 13.3 Å². The van der Waals surface area contributed by atoms with Gasteiger partial charge in [0.2, 0.25) is 0 Å². The Morgan fingerprint density at radius 1 is 0.657 bits per heavy atom. The van der Waals surface area contributed by atoms with Gasteiger partial charge in [0.1, 0.15) is 5.75 Å². The lowest BCUT2D eigenvalue weighted by molar-refractivity contribution is 0.489. The molecule has 0 N–H and O–H groups in total. The van der Waals surface area contributed by atoms with Gasteiger partial charge >= 0.3 is 0 Å². The van der Waals surface area contributed by atoms with Gasteiger partial charge in [-0.2, -0.15) is 0 Å². The number of ether oxygens (including phenoxy) is 1. The molecular weight excluding hydrogens is 507 g/mol. The molecule has 0 heterocycles. The van der Waals surface area contributed by atoms with Crippen molar-refractivity contribution in [1.82, 2.24) is 0 Å². The third kappa shape index (κ3) is 8.43. The molecule has 0 amide bonds. The first-order valence-corrected chi connectivity index (χ1v) is 15.9. The molecule has 0 saturated carbocycles. The van der Waals surface area contributed by atoms with Crippen molar-refractivity contribution in [1.29, 1.82) is 0 Å². The third-order valence-corrected chi connectivity index (χ3v) is 11.5. The Kier molecular flexibility index (Phi) is 10.6. The van der Waals surface area contributed by atoms with Crippen LogP contribution in [-0.2, 0) is 0 Å². The summed E-state index contributed by atoms with van der Waals surface area (Å²) in [4.78, 5) is 7.49. The number of hydrogen-bond acceptors (Lipinski definition) is 6. The fraction of sp³-hybridized carbons (Fsp3) is 0.138. The standard InChI is InChI=1S/C29H27NOS4/c1-2-27(28(30-23-15-7-3-8-16-23)31-24-17-9-4-10-18-24)29(34-32-25-19-11-5-12-20-25)35-33-26-21-13-6-14-22-26/h3-22,27,29H,2H2,1H3. The lowest BCUT2D eigenvalue weighted by Gasteiger charge is -2.26. The van der Waals surface area contributed by atoms with Gasteiger partial charge in [0.25, 0.3) is 0 Å². The highest BCUT2D eigenvalue weighted by Gasteiger charge is 2.29. The lowest BCUT2D eigenvalue weighted by atomic mass is 10.1. The molecule has 4 aromatic carbocycles. The van der Waals surface area contributed by atoms with Gasteiger partial charge in [-0.1, -0.05) is 123 Å². The van der Waals surface area contributed by atoms with Gasteiger partial charge in [0, 0.05) is 9.79 Å². The van der Waals surface area contributed by atoms with E-state index in [0.29, 0.717) is 0 Å². The van der Waals surface area contributed by atoms with E-state index < -0.39 is 0 Å². The Morgan fingerprint density at radius 3 is 1.60 bits per heavy atom. The van der Waals surface area contributed by atoms with Crippen molar-refractivity contribution >= 4 is 54.8 Å². The van der Waals surface area contributed by atoms with Crippen LogP contribution in [-0.4, -0.2) is 10.5 Å². The summed E-state index contributed by atoms with van der Waals surface area (Å²) in [6.45, 7) is 2.22. The van der Waals surface area contributed by atoms with Crippen LogP contribution in [0, 0.1) is 5.92 Å². The fourth-order valence-electron chi connectivity index (χ4n) is 3.21. The van der Waals surface area contributed by atoms with Crippen LogP contribution in [0.5, 0.6) is 5.75 Å². The Labute approximate surface area is 224 Å². The van der Waals surface area contributed by atoms with Crippen molar-refractivity contribution in [3.8, 4) is 5.75 Å². The minimum Gasteiger partial charge on any atom is -0.443 e. The smallest absolute Gasteiger partial charge is 0.200 e. The molecule has 0 aliphatic heterocycles. The normalized spacial score (nSPS) is 12.5. The van der Waals surface area contributed by atoms with Crippen LogP contribution in [0.2, 0.25) is 0 Å². The first-order chi connectivity index (χ1) is 17.3. The molecule has 6 heteroatoms. The maximum atomic E-state index is 6.46. The molecule has 35 heavy (non-hydrogen) atoms. The second kappa shape index (κ2) is 14.3. The van der Waals surface area contributed by atoms with Crippen LogP contribution >= 0.6 is 43.2 Å². The number of benzene rings is 4. The van der Waals surface area contributed by atoms with E-state index in [4.69, 9.17) is 9.73 Å². The Hall–Kier alpha value is -2.25. The van der Waals surface area contributed by atoms with Crippen molar-refractivity contribution in [3.63, 3.8) is 0 Å². The maximum Gasteiger partial charge on any atom is 0.200 e. The van der Waals surface area contributed by atoms with Crippen molar-refractivity contribution < 1.29 is 4.74 Å². The van der Waals surface area contributed by atoms with Gasteiger partial charge in [-0.3, -0.25) is 0 Å². The minimum absolute atomic E-state index is 0.109. The fourth-order valence-corrected chi connectivity index (χ4v) is 9.74. The van der Waals surface area contributed by atoms with Crippen LogP contribution in [0.15, 0.2) is 136 Å². The van der Waals surface area contributed by atoms with Gasteiger partial charge in [-0.05, 0) is 55.0 Å². The molecule has 0 bridgehead atoms. The highest BCUT2D eigenvalue weighted by molar-refractivity contribution is 8.85. The Morgan fingerprint density at radius 2 is 1.11 bits per heavy atom. The molecule has 0 aliphatic carbocycles. The minimum atomic E-state index is 0.109.